The van der Waals surface area contributed by atoms with Crippen LogP contribution >= 0.6 is 0 Å². The Hall–Kier alpha value is -15.4. The van der Waals surface area contributed by atoms with E-state index in [1.54, 1.807) is 0 Å². The molecule has 8 aromatic rings. The number of aromatic hydroxyl groups is 23. The molecule has 2 saturated heterocycles. The van der Waals surface area contributed by atoms with Gasteiger partial charge in [0.2, 0.25) is 53.2 Å². The normalized spacial score (nSPS) is 20.7. The lowest BCUT2D eigenvalue weighted by Gasteiger charge is -2.43. The molecule has 586 valence electrons. The van der Waals surface area contributed by atoms with Gasteiger partial charge in [-0.1, -0.05) is 0 Å². The van der Waals surface area contributed by atoms with Crippen LogP contribution in [0.1, 0.15) is 82.9 Å². The fourth-order valence-electron chi connectivity index (χ4n) is 11.8. The highest BCUT2D eigenvalue weighted by Gasteiger charge is 2.56. The molecular formula is C68H50O44. The molecule has 44 heteroatoms. The fraction of sp³-hybridized carbons (Fsp3) is 0.176. The molecule has 0 amide bonds. The summed E-state index contributed by atoms with van der Waals surface area (Å²) in [5.74, 6) is -51.6. The Morgan fingerprint density at radius 1 is 0.312 bits per heavy atom. The summed E-state index contributed by atoms with van der Waals surface area (Å²) in [4.78, 5) is 116. The van der Waals surface area contributed by atoms with E-state index in [0.717, 1.165) is 0 Å². The third-order valence-corrected chi connectivity index (χ3v) is 17.3. The zero-order chi connectivity index (χ0) is 81.7. The Labute approximate surface area is 616 Å². The second-order valence-electron chi connectivity index (χ2n) is 24.3. The molecule has 0 radical (unpaired) electrons. The minimum atomic E-state index is -3.05. The largest absolute Gasteiger partial charge is 0.504 e. The number of carbonyl (C=O) groups is 8. The maximum absolute atomic E-state index is 15.2. The van der Waals surface area contributed by atoms with Crippen molar-refractivity contribution in [3.05, 3.63) is 111 Å². The predicted molar refractivity (Wildman–Crippen MR) is 345 cm³/mol. The molecule has 10 atom stereocenters. The third-order valence-electron chi connectivity index (χ3n) is 17.3. The highest BCUT2D eigenvalue weighted by Crippen LogP contribution is 2.58. The van der Waals surface area contributed by atoms with E-state index in [4.69, 9.17) is 52.1 Å². The minimum Gasteiger partial charge on any atom is -0.504 e. The van der Waals surface area contributed by atoms with E-state index in [0.29, 0.717) is 42.5 Å². The van der Waals surface area contributed by atoms with Crippen LogP contribution in [0.15, 0.2) is 66.7 Å². The molecule has 112 heavy (non-hydrogen) atoms. The summed E-state index contributed by atoms with van der Waals surface area (Å²) in [7, 11) is 0. The first-order valence-corrected chi connectivity index (χ1v) is 31.1. The van der Waals surface area contributed by atoms with Crippen molar-refractivity contribution < 1.29 is 218 Å². The van der Waals surface area contributed by atoms with Gasteiger partial charge in [-0.05, 0) is 54.6 Å². The number of esters is 8. The summed E-state index contributed by atoms with van der Waals surface area (Å²) in [6.07, 6.45) is -26.0. The van der Waals surface area contributed by atoms with Crippen LogP contribution < -0.4 is 4.74 Å². The van der Waals surface area contributed by atoms with Gasteiger partial charge in [-0.3, -0.25) is 0 Å². The van der Waals surface area contributed by atoms with Crippen molar-refractivity contribution in [2.24, 2.45) is 0 Å². The number of cyclic esters (lactones) is 2. The molecule has 2 bridgehead atoms. The summed E-state index contributed by atoms with van der Waals surface area (Å²) in [6.45, 7) is -2.90. The molecule has 4 aliphatic rings. The molecular weight excluding hydrogens is 1520 g/mol. The fourth-order valence-corrected chi connectivity index (χ4v) is 11.8. The SMILES string of the molecule is O=C(O[C@@H]1O[C@H]2COC(=O)c3cc(Oc4c(C(=O)O[C@@H]5O[C@H]6COC(=O)c7cc(O)c(O)c(O)c7-c7c(cc(O)c(O)c7O)C(=O)O[C@H]6[C@@H](OC(=O)c6cc(O)c(O)c(O)c6)[C@@H]5OC(=O)c5cc(O)c(O)c(O)c5)cc(O)c(O)c4O)c(O)c(O)c3-c3c(cc(O)c(O)c3O)C(=O)O[C@H]([C@H]1O)[C@@H]2O)c1cc(O)c(O)c(O)c1. The second kappa shape index (κ2) is 28.4. The van der Waals surface area contributed by atoms with Crippen molar-refractivity contribution in [2.45, 2.75) is 61.4 Å². The predicted octanol–water partition coefficient (Wildman–Crippen LogP) is 1.77. The monoisotopic (exact) mass is 1570 g/mol. The van der Waals surface area contributed by atoms with Crippen molar-refractivity contribution in [2.75, 3.05) is 13.2 Å². The Morgan fingerprint density at radius 3 is 1.08 bits per heavy atom. The van der Waals surface area contributed by atoms with Crippen LogP contribution in [0.4, 0.5) is 0 Å². The number of hydrogen-bond donors (Lipinski definition) is 25. The lowest BCUT2D eigenvalue weighted by molar-refractivity contribution is -0.284. The maximum Gasteiger partial charge on any atom is 0.344 e. The van der Waals surface area contributed by atoms with E-state index in [9.17, 15) is 161 Å². The van der Waals surface area contributed by atoms with Gasteiger partial charge < -0.3 is 180 Å². The van der Waals surface area contributed by atoms with E-state index < -0.39 is 333 Å². The number of aliphatic hydroxyl groups excluding tert-OH is 2. The van der Waals surface area contributed by atoms with Crippen molar-refractivity contribution in [3.8, 4) is 166 Å². The van der Waals surface area contributed by atoms with E-state index in [1.807, 2.05) is 0 Å². The number of phenols is 23. The molecule has 25 N–H and O–H groups in total. The number of aliphatic hydroxyl groups is 2. The van der Waals surface area contributed by atoms with Crippen LogP contribution in [0.5, 0.6) is 144 Å². The van der Waals surface area contributed by atoms with Crippen LogP contribution in [0.3, 0.4) is 0 Å². The van der Waals surface area contributed by atoms with Crippen molar-refractivity contribution in [3.63, 3.8) is 0 Å². The van der Waals surface area contributed by atoms with E-state index >= 15 is 4.79 Å². The van der Waals surface area contributed by atoms with Crippen LogP contribution in [0.2, 0.25) is 0 Å². The Morgan fingerprint density at radius 2 is 0.643 bits per heavy atom. The zero-order valence-electron chi connectivity index (χ0n) is 55.0. The molecule has 0 aromatic heterocycles. The highest BCUT2D eigenvalue weighted by atomic mass is 16.8. The second-order valence-corrected chi connectivity index (χ2v) is 24.3. The van der Waals surface area contributed by atoms with Crippen molar-refractivity contribution >= 4 is 47.8 Å². The number of carbonyl (C=O) groups excluding carboxylic acids is 8. The lowest BCUT2D eigenvalue weighted by atomic mass is 9.91. The van der Waals surface area contributed by atoms with Gasteiger partial charge in [0.1, 0.15) is 37.1 Å². The molecule has 8 aromatic carbocycles. The molecule has 0 spiro atoms. The first kappa shape index (κ1) is 76.2. The Balaban J connectivity index is 0.984. The van der Waals surface area contributed by atoms with Gasteiger partial charge in [-0.15, -0.1) is 0 Å². The molecule has 0 aliphatic carbocycles. The van der Waals surface area contributed by atoms with Crippen molar-refractivity contribution in [1.82, 2.24) is 0 Å². The number of hydrogen-bond acceptors (Lipinski definition) is 44. The topological polar surface area (TPSA) is 744 Å². The van der Waals surface area contributed by atoms with Gasteiger partial charge in [0.25, 0.3) is 0 Å². The third kappa shape index (κ3) is 13.2. The maximum atomic E-state index is 15.2. The lowest BCUT2D eigenvalue weighted by Crippen LogP contribution is -2.63. The van der Waals surface area contributed by atoms with Gasteiger partial charge in [0.05, 0.1) is 38.9 Å². The molecule has 2 fully saturated rings. The minimum absolute atomic E-state index is 0.135. The van der Waals surface area contributed by atoms with Crippen LogP contribution in [-0.4, -0.2) is 250 Å². The molecule has 12 rings (SSSR count). The first-order valence-electron chi connectivity index (χ1n) is 31.1. The van der Waals surface area contributed by atoms with Gasteiger partial charge >= 0.3 is 47.8 Å². The van der Waals surface area contributed by atoms with Gasteiger partial charge in [-0.2, -0.15) is 0 Å². The average Bonchev–Trinajstić information content (AvgIpc) is 0.958. The van der Waals surface area contributed by atoms with E-state index in [1.165, 1.54) is 0 Å². The van der Waals surface area contributed by atoms with Crippen LogP contribution in [0.25, 0.3) is 22.3 Å². The van der Waals surface area contributed by atoms with E-state index in [2.05, 4.69) is 0 Å². The quantitative estimate of drug-likeness (QED) is 0.0527. The highest BCUT2D eigenvalue weighted by molar-refractivity contribution is 6.10. The number of fused-ring (bicyclic) bond motifs is 9. The molecule has 0 saturated carbocycles. The van der Waals surface area contributed by atoms with Crippen LogP contribution in [-0.2, 0) is 47.4 Å². The van der Waals surface area contributed by atoms with Gasteiger partial charge in [0.15, 0.2) is 134 Å². The Kier molecular flexibility index (Phi) is 19.3. The smallest absolute Gasteiger partial charge is 0.344 e. The molecule has 4 aliphatic heterocycles. The zero-order valence-corrected chi connectivity index (χ0v) is 55.0. The standard InChI is InChI=1S/C68H50O44/c69-22-1-14(2-23(70)39(22)79)59(94)109-57-55-34(13-103-62(97)17-7-28(75)42(82)48(88)35(17)36-18(64(99)107-55)8-29(76)43(83)49(36)89)106-68(58(57)110-60(95)15-3-24(71)40(80)25(72)4-15)112-66(101)21-10-31(78)45(85)52(92)54(21)104-32-11-20-38(51(91)46(32)86)37-19(9-30(77)44(84)50(37)90)65(100)108-56-47(87)33(12-102-63(20)98)105-67(53(56)93)111-61(96)16-5-26(73)41(81)27(74)6-16/h1-11,33-34,47,53,55-58,67-93H,12-13H2/t33-,34-,47+,53+,55+,56-,57+,58-,67-,68-/m0/s1. The van der Waals surface area contributed by atoms with Crippen molar-refractivity contribution in [1.29, 1.82) is 0 Å². The number of ether oxygens (including phenoxy) is 11. The first-order chi connectivity index (χ1) is 52.7. The molecule has 4 heterocycles. The Bertz CT molecular complexity index is 5320. The molecule has 0 unspecified atom stereocenters. The van der Waals surface area contributed by atoms with Gasteiger partial charge in [-0.25, -0.2) is 38.4 Å². The number of benzene rings is 8. The summed E-state index contributed by atoms with van der Waals surface area (Å²) in [5, 5.41) is 272. The number of rotatable bonds is 10. The van der Waals surface area contributed by atoms with E-state index in [-0.39, 0.29) is 24.3 Å². The summed E-state index contributed by atoms with van der Waals surface area (Å²) in [6, 6.07) is 4.01. The average molecular weight is 1570 g/mol. The molecule has 44 nitrogen and oxygen atoms in total. The summed E-state index contributed by atoms with van der Waals surface area (Å²) < 4.78 is 61.3. The number of phenolic OH excluding ortho intramolecular Hbond substituents is 23. The van der Waals surface area contributed by atoms with Gasteiger partial charge in [0, 0.05) is 34.4 Å². The summed E-state index contributed by atoms with van der Waals surface area (Å²) >= 11 is 0. The summed E-state index contributed by atoms with van der Waals surface area (Å²) in [5.41, 5.74) is -14.5. The van der Waals surface area contributed by atoms with Crippen LogP contribution in [0, 0.1) is 0 Å².